The third kappa shape index (κ3) is 4.27. The Bertz CT molecular complexity index is 645. The van der Waals surface area contributed by atoms with E-state index < -0.39 is 18.0 Å². The number of halogens is 2. The highest BCUT2D eigenvalue weighted by atomic mass is 79.9. The van der Waals surface area contributed by atoms with E-state index >= 15 is 0 Å². The Kier molecular flexibility index (Phi) is 4.93. The molecule has 0 radical (unpaired) electrons. The second kappa shape index (κ2) is 6.69. The molecule has 2 rings (SSSR count). The van der Waals surface area contributed by atoms with Gasteiger partial charge < -0.3 is 15.7 Å². The fraction of sp³-hybridized carbons (Fsp3) is 0.133. The van der Waals surface area contributed by atoms with E-state index in [1.807, 2.05) is 0 Å². The summed E-state index contributed by atoms with van der Waals surface area (Å²) >= 11 is 3.05. The van der Waals surface area contributed by atoms with Crippen LogP contribution in [0, 0.1) is 5.82 Å². The summed E-state index contributed by atoms with van der Waals surface area (Å²) in [5, 5.41) is 14.7. The lowest BCUT2D eigenvalue weighted by Gasteiger charge is -2.09. The molecule has 0 saturated heterocycles. The number of benzene rings is 2. The number of carbonyl (C=O) groups excluding carboxylic acids is 1. The number of amides is 2. The van der Waals surface area contributed by atoms with E-state index in [9.17, 15) is 14.3 Å². The molecule has 0 fully saturated rings. The molecule has 4 nitrogen and oxygen atoms in total. The molecule has 3 N–H and O–H groups in total. The van der Waals surface area contributed by atoms with Crippen LogP contribution in [0.5, 0.6) is 0 Å². The van der Waals surface area contributed by atoms with Crippen LogP contribution in [-0.4, -0.2) is 11.1 Å². The Morgan fingerprint density at radius 3 is 2.29 bits per heavy atom. The van der Waals surface area contributed by atoms with Crippen LogP contribution in [0.3, 0.4) is 0 Å². The quantitative estimate of drug-likeness (QED) is 0.771. The van der Waals surface area contributed by atoms with Gasteiger partial charge >= 0.3 is 6.03 Å². The third-order valence-electron chi connectivity index (χ3n) is 2.83. The van der Waals surface area contributed by atoms with E-state index in [4.69, 9.17) is 0 Å². The van der Waals surface area contributed by atoms with Crippen LogP contribution in [0.25, 0.3) is 0 Å². The van der Waals surface area contributed by atoms with Crippen LogP contribution in [0.4, 0.5) is 20.6 Å². The molecule has 110 valence electrons. The minimum atomic E-state index is -0.551. The van der Waals surface area contributed by atoms with Crippen molar-refractivity contribution >= 4 is 33.3 Å². The lowest BCUT2D eigenvalue weighted by atomic mass is 10.1. The van der Waals surface area contributed by atoms with Gasteiger partial charge in [0.1, 0.15) is 5.82 Å². The van der Waals surface area contributed by atoms with Crippen LogP contribution in [-0.2, 0) is 0 Å². The first kappa shape index (κ1) is 15.5. The first-order valence-corrected chi connectivity index (χ1v) is 7.06. The molecule has 2 aromatic rings. The van der Waals surface area contributed by atoms with Crippen molar-refractivity contribution in [3.8, 4) is 0 Å². The second-order valence-corrected chi connectivity index (χ2v) is 5.36. The van der Waals surface area contributed by atoms with Gasteiger partial charge in [0, 0.05) is 11.4 Å². The van der Waals surface area contributed by atoms with Crippen molar-refractivity contribution in [1.82, 2.24) is 0 Å². The monoisotopic (exact) mass is 352 g/mol. The lowest BCUT2D eigenvalue weighted by molar-refractivity contribution is 0.199. The number of carbonyl (C=O) groups is 1. The molecule has 0 aliphatic carbocycles. The van der Waals surface area contributed by atoms with E-state index in [2.05, 4.69) is 26.6 Å². The Hall–Kier alpha value is -1.92. The number of nitrogens with one attached hydrogen (secondary N) is 2. The summed E-state index contributed by atoms with van der Waals surface area (Å²) < 4.78 is 13.4. The van der Waals surface area contributed by atoms with Gasteiger partial charge in [-0.2, -0.15) is 0 Å². The lowest BCUT2D eigenvalue weighted by Crippen LogP contribution is -2.19. The molecule has 1 atom stereocenters. The van der Waals surface area contributed by atoms with Gasteiger partial charge in [-0.05, 0) is 58.7 Å². The number of hydrogen-bond donors (Lipinski definition) is 3. The number of rotatable bonds is 3. The molecule has 0 aliphatic rings. The summed E-state index contributed by atoms with van der Waals surface area (Å²) in [6.07, 6.45) is -0.551. The Labute approximate surface area is 130 Å². The van der Waals surface area contributed by atoms with E-state index in [1.165, 1.54) is 18.2 Å². The zero-order chi connectivity index (χ0) is 15.4. The summed E-state index contributed by atoms with van der Waals surface area (Å²) in [7, 11) is 0. The second-order valence-electron chi connectivity index (χ2n) is 4.51. The molecule has 6 heteroatoms. The van der Waals surface area contributed by atoms with E-state index in [-0.39, 0.29) is 4.47 Å². The zero-order valence-electron chi connectivity index (χ0n) is 11.2. The normalized spacial score (nSPS) is 11.8. The van der Waals surface area contributed by atoms with Crippen molar-refractivity contribution < 1.29 is 14.3 Å². The van der Waals surface area contributed by atoms with Gasteiger partial charge in [-0.15, -0.1) is 0 Å². The molecule has 21 heavy (non-hydrogen) atoms. The van der Waals surface area contributed by atoms with Crippen molar-refractivity contribution in [3.05, 3.63) is 58.3 Å². The highest BCUT2D eigenvalue weighted by molar-refractivity contribution is 9.10. The summed E-state index contributed by atoms with van der Waals surface area (Å²) in [5.74, 6) is -0.394. The van der Waals surface area contributed by atoms with Crippen LogP contribution in [0.15, 0.2) is 46.9 Å². The minimum Gasteiger partial charge on any atom is -0.389 e. The molecule has 2 aromatic carbocycles. The van der Waals surface area contributed by atoms with E-state index in [0.29, 0.717) is 11.4 Å². The predicted molar refractivity (Wildman–Crippen MR) is 83.8 cm³/mol. The number of aliphatic hydroxyl groups is 1. The van der Waals surface area contributed by atoms with Crippen molar-refractivity contribution in [1.29, 1.82) is 0 Å². The number of hydrogen-bond acceptors (Lipinski definition) is 2. The highest BCUT2D eigenvalue weighted by Gasteiger charge is 2.06. The van der Waals surface area contributed by atoms with Crippen molar-refractivity contribution in [2.24, 2.45) is 0 Å². The topological polar surface area (TPSA) is 61.4 Å². The molecule has 0 heterocycles. The van der Waals surface area contributed by atoms with E-state index in [1.54, 1.807) is 31.2 Å². The maximum Gasteiger partial charge on any atom is 0.323 e. The van der Waals surface area contributed by atoms with Gasteiger partial charge in [-0.3, -0.25) is 0 Å². The fourth-order valence-corrected chi connectivity index (χ4v) is 2.09. The van der Waals surface area contributed by atoms with Gasteiger partial charge in [-0.1, -0.05) is 12.1 Å². The van der Waals surface area contributed by atoms with Crippen molar-refractivity contribution in [2.45, 2.75) is 13.0 Å². The molecule has 0 aromatic heterocycles. The number of aliphatic hydroxyl groups excluding tert-OH is 1. The molecular weight excluding hydrogens is 339 g/mol. The van der Waals surface area contributed by atoms with Crippen LogP contribution >= 0.6 is 15.9 Å². The molecule has 0 aliphatic heterocycles. The van der Waals surface area contributed by atoms with Gasteiger partial charge in [-0.25, -0.2) is 9.18 Å². The van der Waals surface area contributed by atoms with Crippen molar-refractivity contribution in [3.63, 3.8) is 0 Å². The fourth-order valence-electron chi connectivity index (χ4n) is 1.71. The van der Waals surface area contributed by atoms with Crippen molar-refractivity contribution in [2.75, 3.05) is 10.6 Å². The van der Waals surface area contributed by atoms with E-state index in [0.717, 1.165) is 5.56 Å². The molecular formula is C15H14BrFN2O2. The predicted octanol–water partition coefficient (Wildman–Crippen LogP) is 4.29. The molecule has 1 unspecified atom stereocenters. The standard InChI is InChI=1S/C15H14BrFN2O2/c1-9(20)10-2-4-11(5-3-10)18-15(21)19-12-6-7-14(17)13(16)8-12/h2-9,20H,1H3,(H2,18,19,21). The van der Waals surface area contributed by atoms with Crippen LogP contribution in [0.2, 0.25) is 0 Å². The average molecular weight is 353 g/mol. The maximum atomic E-state index is 13.1. The summed E-state index contributed by atoms with van der Waals surface area (Å²) in [6.45, 7) is 1.67. The van der Waals surface area contributed by atoms with Gasteiger partial charge in [0.15, 0.2) is 0 Å². The number of urea groups is 1. The summed E-state index contributed by atoms with van der Waals surface area (Å²) in [4.78, 5) is 11.8. The number of anilines is 2. The Morgan fingerprint density at radius 2 is 1.71 bits per heavy atom. The first-order chi connectivity index (χ1) is 9.95. The van der Waals surface area contributed by atoms with Gasteiger partial charge in [0.05, 0.1) is 10.6 Å². The molecule has 2 amide bonds. The van der Waals surface area contributed by atoms with Crippen LogP contribution < -0.4 is 10.6 Å². The van der Waals surface area contributed by atoms with Gasteiger partial charge in [0.2, 0.25) is 0 Å². The zero-order valence-corrected chi connectivity index (χ0v) is 12.8. The first-order valence-electron chi connectivity index (χ1n) is 6.27. The minimum absolute atomic E-state index is 0.279. The molecule has 0 saturated carbocycles. The largest absolute Gasteiger partial charge is 0.389 e. The molecule has 0 bridgehead atoms. The maximum absolute atomic E-state index is 13.1. The summed E-state index contributed by atoms with van der Waals surface area (Å²) in [5.41, 5.74) is 1.84. The molecule has 0 spiro atoms. The summed E-state index contributed by atoms with van der Waals surface area (Å²) in [6, 6.07) is 10.6. The van der Waals surface area contributed by atoms with Gasteiger partial charge in [0.25, 0.3) is 0 Å². The Morgan fingerprint density at radius 1 is 1.14 bits per heavy atom. The third-order valence-corrected chi connectivity index (χ3v) is 3.44. The van der Waals surface area contributed by atoms with Crippen LogP contribution in [0.1, 0.15) is 18.6 Å². The highest BCUT2D eigenvalue weighted by Crippen LogP contribution is 2.20. The Balaban J connectivity index is 1.99. The average Bonchev–Trinajstić information content (AvgIpc) is 2.43. The SMILES string of the molecule is CC(O)c1ccc(NC(=O)Nc2ccc(F)c(Br)c2)cc1. The smallest absolute Gasteiger partial charge is 0.323 e.